The Balaban J connectivity index is 1.83. The van der Waals surface area contributed by atoms with Crippen LogP contribution >= 0.6 is 0 Å². The van der Waals surface area contributed by atoms with Gasteiger partial charge in [0.1, 0.15) is 5.60 Å². The standard InChI is InChI=1S/C21H29N3O4S/c1-16-6-5-11-23(20(25)28-21(2,3)4)12-13-24(16)29(26,27)19-8-7-18-15-22-10-9-17(18)14-19/h7-10,14-16H,5-6,11-13H2,1-4H3/t16-/m1/s1. The fourth-order valence-corrected chi connectivity index (χ4v) is 5.18. The quantitative estimate of drug-likeness (QED) is 0.742. The van der Waals surface area contributed by atoms with Gasteiger partial charge in [-0.3, -0.25) is 4.98 Å². The van der Waals surface area contributed by atoms with E-state index in [-0.39, 0.29) is 17.5 Å². The molecule has 1 amide bonds. The highest BCUT2D eigenvalue weighted by Crippen LogP contribution is 2.25. The number of benzene rings is 1. The number of sulfonamides is 1. The van der Waals surface area contributed by atoms with Crippen molar-refractivity contribution in [2.45, 2.75) is 57.1 Å². The van der Waals surface area contributed by atoms with Crippen molar-refractivity contribution in [3.8, 4) is 0 Å². The second kappa shape index (κ2) is 8.28. The number of hydrogen-bond acceptors (Lipinski definition) is 5. The largest absolute Gasteiger partial charge is 0.444 e. The SMILES string of the molecule is C[C@@H]1CCCN(C(=O)OC(C)(C)C)CCN1S(=O)(=O)c1ccc2cnccc2c1. The van der Waals surface area contributed by atoms with Crippen LogP contribution in [0.3, 0.4) is 0 Å². The molecule has 1 aromatic heterocycles. The number of nitrogens with zero attached hydrogens (tertiary/aromatic N) is 3. The number of amides is 1. The Morgan fingerprint density at radius 3 is 2.62 bits per heavy atom. The zero-order valence-electron chi connectivity index (χ0n) is 17.5. The summed E-state index contributed by atoms with van der Waals surface area (Å²) in [6.45, 7) is 8.49. The molecule has 3 rings (SSSR count). The summed E-state index contributed by atoms with van der Waals surface area (Å²) in [5.41, 5.74) is -0.585. The third-order valence-electron chi connectivity index (χ3n) is 5.00. The maximum atomic E-state index is 13.4. The molecule has 0 spiro atoms. The highest BCUT2D eigenvalue weighted by atomic mass is 32.2. The van der Waals surface area contributed by atoms with E-state index in [4.69, 9.17) is 4.74 Å². The van der Waals surface area contributed by atoms with Gasteiger partial charge in [0.25, 0.3) is 0 Å². The number of aromatic nitrogens is 1. The molecule has 8 heteroatoms. The first-order valence-corrected chi connectivity index (χ1v) is 11.4. The normalized spacial score (nSPS) is 19.6. The van der Waals surface area contributed by atoms with Crippen LogP contribution < -0.4 is 0 Å². The smallest absolute Gasteiger partial charge is 0.410 e. The van der Waals surface area contributed by atoms with Crippen molar-refractivity contribution in [3.05, 3.63) is 36.7 Å². The Labute approximate surface area is 172 Å². The van der Waals surface area contributed by atoms with E-state index in [9.17, 15) is 13.2 Å². The van der Waals surface area contributed by atoms with Crippen molar-refractivity contribution in [2.24, 2.45) is 0 Å². The van der Waals surface area contributed by atoms with E-state index in [0.29, 0.717) is 19.5 Å². The van der Waals surface area contributed by atoms with Gasteiger partial charge >= 0.3 is 6.09 Å². The molecule has 1 saturated heterocycles. The molecule has 0 radical (unpaired) electrons. The molecule has 1 aromatic carbocycles. The summed E-state index contributed by atoms with van der Waals surface area (Å²) in [6.07, 6.45) is 4.35. The van der Waals surface area contributed by atoms with E-state index in [1.165, 1.54) is 4.31 Å². The second-order valence-electron chi connectivity index (χ2n) is 8.46. The molecule has 1 fully saturated rings. The van der Waals surface area contributed by atoms with Gasteiger partial charge in [0.15, 0.2) is 0 Å². The molecule has 29 heavy (non-hydrogen) atoms. The van der Waals surface area contributed by atoms with Gasteiger partial charge in [-0.25, -0.2) is 13.2 Å². The van der Waals surface area contributed by atoms with E-state index in [1.807, 2.05) is 27.7 Å². The first-order valence-electron chi connectivity index (χ1n) is 9.91. The van der Waals surface area contributed by atoms with Crippen LogP contribution in [0.5, 0.6) is 0 Å². The number of hydrogen-bond donors (Lipinski definition) is 0. The molecule has 2 aromatic rings. The summed E-state index contributed by atoms with van der Waals surface area (Å²) in [5.74, 6) is 0. The van der Waals surface area contributed by atoms with Crippen molar-refractivity contribution in [2.75, 3.05) is 19.6 Å². The molecule has 7 nitrogen and oxygen atoms in total. The third kappa shape index (κ3) is 5.05. The predicted octanol–water partition coefficient (Wildman–Crippen LogP) is 3.64. The monoisotopic (exact) mass is 419 g/mol. The number of carbonyl (C=O) groups excluding carboxylic acids is 1. The van der Waals surface area contributed by atoms with E-state index in [0.717, 1.165) is 17.2 Å². The predicted molar refractivity (Wildman–Crippen MR) is 112 cm³/mol. The zero-order valence-corrected chi connectivity index (χ0v) is 18.3. The molecule has 0 N–H and O–H groups in total. The number of fused-ring (bicyclic) bond motifs is 1. The Morgan fingerprint density at radius 1 is 1.14 bits per heavy atom. The fraction of sp³-hybridized carbons (Fsp3) is 0.524. The molecule has 1 aliphatic heterocycles. The van der Waals surface area contributed by atoms with Crippen LogP contribution in [0.2, 0.25) is 0 Å². The Kier molecular flexibility index (Phi) is 6.14. The third-order valence-corrected chi connectivity index (χ3v) is 7.01. The molecule has 1 atom stereocenters. The van der Waals surface area contributed by atoms with Crippen LogP contribution in [0.25, 0.3) is 10.8 Å². The number of pyridine rings is 1. The average Bonchev–Trinajstić information content (AvgIpc) is 2.62. The minimum absolute atomic E-state index is 0.145. The molecule has 0 bridgehead atoms. The van der Waals surface area contributed by atoms with E-state index in [2.05, 4.69) is 4.98 Å². The van der Waals surface area contributed by atoms with Crippen LogP contribution in [-0.4, -0.2) is 60.0 Å². The zero-order chi connectivity index (χ0) is 21.2. The van der Waals surface area contributed by atoms with Gasteiger partial charge in [0, 0.05) is 43.5 Å². The second-order valence-corrected chi connectivity index (χ2v) is 10.3. The minimum Gasteiger partial charge on any atom is -0.444 e. The molecule has 0 unspecified atom stereocenters. The van der Waals surface area contributed by atoms with Crippen molar-refractivity contribution < 1.29 is 17.9 Å². The van der Waals surface area contributed by atoms with Gasteiger partial charge in [-0.15, -0.1) is 0 Å². The summed E-state index contributed by atoms with van der Waals surface area (Å²) in [4.78, 5) is 18.4. The lowest BCUT2D eigenvalue weighted by atomic mass is 10.1. The Morgan fingerprint density at radius 2 is 1.90 bits per heavy atom. The highest BCUT2D eigenvalue weighted by molar-refractivity contribution is 7.89. The molecular formula is C21H29N3O4S. The molecule has 2 heterocycles. The Hall–Kier alpha value is -2.19. The first kappa shape index (κ1) is 21.5. The van der Waals surface area contributed by atoms with Crippen LogP contribution in [0.4, 0.5) is 4.79 Å². The van der Waals surface area contributed by atoms with Crippen molar-refractivity contribution in [1.82, 2.24) is 14.2 Å². The molecule has 158 valence electrons. The Bertz CT molecular complexity index is 985. The van der Waals surface area contributed by atoms with Crippen LogP contribution in [0, 0.1) is 0 Å². The molecule has 0 saturated carbocycles. The molecular weight excluding hydrogens is 390 g/mol. The van der Waals surface area contributed by atoms with Crippen LogP contribution in [-0.2, 0) is 14.8 Å². The highest BCUT2D eigenvalue weighted by Gasteiger charge is 2.32. The number of rotatable bonds is 2. The topological polar surface area (TPSA) is 79.8 Å². The van der Waals surface area contributed by atoms with Crippen molar-refractivity contribution in [3.63, 3.8) is 0 Å². The van der Waals surface area contributed by atoms with E-state index >= 15 is 0 Å². The van der Waals surface area contributed by atoms with E-state index in [1.54, 1.807) is 41.6 Å². The first-order chi connectivity index (χ1) is 13.6. The lowest BCUT2D eigenvalue weighted by Gasteiger charge is -2.35. The summed E-state index contributed by atoms with van der Waals surface area (Å²) < 4.78 is 33.7. The van der Waals surface area contributed by atoms with E-state index < -0.39 is 21.7 Å². The number of carbonyl (C=O) groups is 1. The van der Waals surface area contributed by atoms with Gasteiger partial charge in [-0.1, -0.05) is 6.07 Å². The lowest BCUT2D eigenvalue weighted by molar-refractivity contribution is 0.0217. The summed E-state index contributed by atoms with van der Waals surface area (Å²) in [6, 6.07) is 6.74. The van der Waals surface area contributed by atoms with Crippen molar-refractivity contribution >= 4 is 26.9 Å². The van der Waals surface area contributed by atoms with Gasteiger partial charge in [-0.05, 0) is 64.1 Å². The van der Waals surface area contributed by atoms with Crippen LogP contribution in [0.1, 0.15) is 40.5 Å². The maximum Gasteiger partial charge on any atom is 0.410 e. The maximum absolute atomic E-state index is 13.4. The number of ether oxygens (including phenoxy) is 1. The summed E-state index contributed by atoms with van der Waals surface area (Å²) in [5, 5.41) is 1.72. The average molecular weight is 420 g/mol. The van der Waals surface area contributed by atoms with Crippen LogP contribution in [0.15, 0.2) is 41.6 Å². The molecule has 1 aliphatic rings. The summed E-state index contributed by atoms with van der Waals surface area (Å²) >= 11 is 0. The van der Waals surface area contributed by atoms with Gasteiger partial charge in [-0.2, -0.15) is 4.31 Å². The summed E-state index contributed by atoms with van der Waals surface area (Å²) in [7, 11) is -3.69. The van der Waals surface area contributed by atoms with Crippen molar-refractivity contribution in [1.29, 1.82) is 0 Å². The van der Waals surface area contributed by atoms with Gasteiger partial charge in [0.2, 0.25) is 10.0 Å². The molecule has 0 aliphatic carbocycles. The van der Waals surface area contributed by atoms with Gasteiger partial charge < -0.3 is 9.64 Å². The lowest BCUT2D eigenvalue weighted by Crippen LogP contribution is -2.48. The van der Waals surface area contributed by atoms with Gasteiger partial charge in [0.05, 0.1) is 4.90 Å². The minimum atomic E-state index is -3.69. The fourth-order valence-electron chi connectivity index (χ4n) is 3.50.